The number of H-pyrrole nitrogens is 1. The van der Waals surface area contributed by atoms with Gasteiger partial charge in [-0.3, -0.25) is 10.4 Å². The molecule has 0 fully saturated rings. The van der Waals surface area contributed by atoms with Crippen molar-refractivity contribution in [3.63, 3.8) is 0 Å². The van der Waals surface area contributed by atoms with Gasteiger partial charge in [-0.2, -0.15) is 5.10 Å². The quantitative estimate of drug-likeness (QED) is 0.772. The van der Waals surface area contributed by atoms with Crippen molar-refractivity contribution in [3.8, 4) is 0 Å². The maximum absolute atomic E-state index is 11.1. The van der Waals surface area contributed by atoms with Crippen LogP contribution in [0.3, 0.4) is 0 Å². The lowest BCUT2D eigenvalue weighted by Crippen LogP contribution is -2.11. The molecule has 0 saturated carbocycles. The number of ether oxygens (including phenoxy) is 1. The molecule has 6 heteroatoms. The first-order chi connectivity index (χ1) is 8.78. The van der Waals surface area contributed by atoms with E-state index >= 15 is 0 Å². The van der Waals surface area contributed by atoms with Crippen molar-refractivity contribution in [2.45, 2.75) is 6.54 Å². The molecule has 94 valence electrons. The number of hydrogen-bond donors (Lipinski definition) is 3. The Morgan fingerprint density at radius 3 is 2.94 bits per heavy atom. The van der Waals surface area contributed by atoms with Crippen LogP contribution in [-0.4, -0.2) is 23.4 Å². The second kappa shape index (κ2) is 5.72. The molecule has 2 aromatic rings. The van der Waals surface area contributed by atoms with Crippen LogP contribution in [-0.2, 0) is 11.3 Å². The topological polar surface area (TPSA) is 79.0 Å². The van der Waals surface area contributed by atoms with Gasteiger partial charge < -0.3 is 10.1 Å². The molecule has 0 unspecified atom stereocenters. The molecular formula is C12H14N4O2. The summed E-state index contributed by atoms with van der Waals surface area (Å²) in [4.78, 5) is 11.1. The van der Waals surface area contributed by atoms with Gasteiger partial charge in [-0.25, -0.2) is 4.79 Å². The van der Waals surface area contributed by atoms with Crippen LogP contribution < -0.4 is 10.6 Å². The van der Waals surface area contributed by atoms with E-state index in [9.17, 15) is 4.79 Å². The lowest BCUT2D eigenvalue weighted by Gasteiger charge is -2.08. The number of rotatable bonds is 4. The molecule has 0 saturated heterocycles. The van der Waals surface area contributed by atoms with Gasteiger partial charge >= 0.3 is 6.09 Å². The molecule has 18 heavy (non-hydrogen) atoms. The third-order valence-corrected chi connectivity index (χ3v) is 2.34. The van der Waals surface area contributed by atoms with Gasteiger partial charge in [-0.1, -0.05) is 6.07 Å². The van der Waals surface area contributed by atoms with E-state index in [-0.39, 0.29) is 0 Å². The Balaban J connectivity index is 1.96. The number of amides is 1. The van der Waals surface area contributed by atoms with E-state index in [0.717, 1.165) is 11.4 Å². The number of aromatic amines is 1. The minimum atomic E-state index is -0.485. The Labute approximate surface area is 104 Å². The number of nitrogens with one attached hydrogen (secondary N) is 3. The molecule has 2 rings (SSSR count). The second-order valence-corrected chi connectivity index (χ2v) is 3.63. The van der Waals surface area contributed by atoms with Gasteiger partial charge in [0.1, 0.15) is 0 Å². The van der Waals surface area contributed by atoms with Crippen molar-refractivity contribution >= 4 is 17.5 Å². The normalized spacial score (nSPS) is 9.83. The smallest absolute Gasteiger partial charge is 0.411 e. The van der Waals surface area contributed by atoms with E-state index in [1.54, 1.807) is 12.3 Å². The number of carbonyl (C=O) groups is 1. The maximum Gasteiger partial charge on any atom is 0.411 e. The lowest BCUT2D eigenvalue weighted by molar-refractivity contribution is 0.187. The summed E-state index contributed by atoms with van der Waals surface area (Å²) in [7, 11) is 1.33. The largest absolute Gasteiger partial charge is 0.453 e. The fourth-order valence-electron chi connectivity index (χ4n) is 1.46. The molecule has 0 aliphatic rings. The van der Waals surface area contributed by atoms with Gasteiger partial charge in [0.15, 0.2) is 0 Å². The van der Waals surface area contributed by atoms with Crippen molar-refractivity contribution in [2.75, 3.05) is 17.7 Å². The molecule has 0 atom stereocenters. The maximum atomic E-state index is 11.1. The zero-order valence-corrected chi connectivity index (χ0v) is 9.93. The predicted molar refractivity (Wildman–Crippen MR) is 68.4 cm³/mol. The molecule has 1 aromatic heterocycles. The standard InChI is InChI=1S/C12H14N4O2/c1-18-12(17)15-10-4-2-3-9(7-10)13-8-11-5-6-14-16-11/h2-7,13H,8H2,1H3,(H,14,16)(H,15,17). The molecule has 3 N–H and O–H groups in total. The highest BCUT2D eigenvalue weighted by Crippen LogP contribution is 2.15. The van der Waals surface area contributed by atoms with E-state index in [0.29, 0.717) is 12.2 Å². The highest BCUT2D eigenvalue weighted by molar-refractivity contribution is 5.85. The monoisotopic (exact) mass is 246 g/mol. The number of methoxy groups -OCH3 is 1. The van der Waals surface area contributed by atoms with Crippen LogP contribution in [0.25, 0.3) is 0 Å². The molecule has 0 spiro atoms. The highest BCUT2D eigenvalue weighted by atomic mass is 16.5. The van der Waals surface area contributed by atoms with Crippen molar-refractivity contribution < 1.29 is 9.53 Å². The molecule has 0 aliphatic heterocycles. The number of anilines is 2. The molecule has 1 heterocycles. The Hall–Kier alpha value is -2.50. The summed E-state index contributed by atoms with van der Waals surface area (Å²) >= 11 is 0. The Kier molecular flexibility index (Phi) is 3.80. The van der Waals surface area contributed by atoms with E-state index < -0.39 is 6.09 Å². The van der Waals surface area contributed by atoms with E-state index in [2.05, 4.69) is 25.6 Å². The fourth-order valence-corrected chi connectivity index (χ4v) is 1.46. The summed E-state index contributed by atoms with van der Waals surface area (Å²) in [6, 6.07) is 9.27. The SMILES string of the molecule is COC(=O)Nc1cccc(NCc2ccn[nH]2)c1. The van der Waals surface area contributed by atoms with Crippen LogP contribution in [0.4, 0.5) is 16.2 Å². The van der Waals surface area contributed by atoms with Gasteiger partial charge in [0.2, 0.25) is 0 Å². The number of benzene rings is 1. The third-order valence-electron chi connectivity index (χ3n) is 2.34. The second-order valence-electron chi connectivity index (χ2n) is 3.63. The summed E-state index contributed by atoms with van der Waals surface area (Å²) in [5, 5.41) is 12.5. The lowest BCUT2D eigenvalue weighted by atomic mass is 10.2. The van der Waals surface area contributed by atoms with Gasteiger partial charge in [-0.05, 0) is 24.3 Å². The fraction of sp³-hybridized carbons (Fsp3) is 0.167. The predicted octanol–water partition coefficient (Wildman–Crippen LogP) is 2.20. The van der Waals surface area contributed by atoms with Gasteiger partial charge in [0.25, 0.3) is 0 Å². The van der Waals surface area contributed by atoms with Crippen molar-refractivity contribution in [2.24, 2.45) is 0 Å². The molecule has 0 bridgehead atoms. The zero-order valence-electron chi connectivity index (χ0n) is 9.93. The molecule has 6 nitrogen and oxygen atoms in total. The Bertz CT molecular complexity index is 511. The third kappa shape index (κ3) is 3.24. The summed E-state index contributed by atoms with van der Waals surface area (Å²) in [5.41, 5.74) is 2.57. The molecule has 1 aromatic carbocycles. The average molecular weight is 246 g/mol. The molecule has 1 amide bonds. The number of aromatic nitrogens is 2. The summed E-state index contributed by atoms with van der Waals surface area (Å²) in [6.45, 7) is 0.641. The molecule has 0 radical (unpaired) electrons. The number of hydrogen-bond acceptors (Lipinski definition) is 4. The van der Waals surface area contributed by atoms with Crippen LogP contribution >= 0.6 is 0 Å². The molecular weight excluding hydrogens is 232 g/mol. The average Bonchev–Trinajstić information content (AvgIpc) is 2.90. The van der Waals surface area contributed by atoms with Gasteiger partial charge in [-0.15, -0.1) is 0 Å². The highest BCUT2D eigenvalue weighted by Gasteiger charge is 2.01. The minimum Gasteiger partial charge on any atom is -0.453 e. The zero-order chi connectivity index (χ0) is 12.8. The van der Waals surface area contributed by atoms with Crippen LogP contribution in [0.5, 0.6) is 0 Å². The van der Waals surface area contributed by atoms with E-state index in [4.69, 9.17) is 0 Å². The first kappa shape index (κ1) is 12.0. The summed E-state index contributed by atoms with van der Waals surface area (Å²) < 4.78 is 4.53. The van der Waals surface area contributed by atoms with Crippen LogP contribution in [0.2, 0.25) is 0 Å². The van der Waals surface area contributed by atoms with Crippen molar-refractivity contribution in [3.05, 3.63) is 42.2 Å². The number of carbonyl (C=O) groups excluding carboxylic acids is 1. The van der Waals surface area contributed by atoms with E-state index in [1.807, 2.05) is 24.3 Å². The van der Waals surface area contributed by atoms with E-state index in [1.165, 1.54) is 7.11 Å². The Morgan fingerprint density at radius 2 is 2.22 bits per heavy atom. The van der Waals surface area contributed by atoms with Crippen LogP contribution in [0, 0.1) is 0 Å². The Morgan fingerprint density at radius 1 is 1.39 bits per heavy atom. The summed E-state index contributed by atoms with van der Waals surface area (Å²) in [5.74, 6) is 0. The van der Waals surface area contributed by atoms with Crippen LogP contribution in [0.1, 0.15) is 5.69 Å². The number of nitrogens with zero attached hydrogens (tertiary/aromatic N) is 1. The molecule has 0 aliphatic carbocycles. The first-order valence-electron chi connectivity index (χ1n) is 5.45. The van der Waals surface area contributed by atoms with Crippen LogP contribution in [0.15, 0.2) is 36.5 Å². The van der Waals surface area contributed by atoms with Crippen molar-refractivity contribution in [1.82, 2.24) is 10.2 Å². The minimum absolute atomic E-state index is 0.485. The first-order valence-corrected chi connectivity index (χ1v) is 5.45. The summed E-state index contributed by atoms with van der Waals surface area (Å²) in [6.07, 6.45) is 1.22. The van der Waals surface area contributed by atoms with Gasteiger partial charge in [0.05, 0.1) is 19.3 Å². The van der Waals surface area contributed by atoms with Crippen molar-refractivity contribution in [1.29, 1.82) is 0 Å². The van der Waals surface area contributed by atoms with Gasteiger partial charge in [0, 0.05) is 17.6 Å².